The molecule has 3 aliphatic carbocycles. The number of aryl methyl sites for hydroxylation is 1. The van der Waals surface area contributed by atoms with Crippen LogP contribution < -0.4 is 0 Å². The first-order valence-electron chi connectivity index (χ1n) is 7.94. The van der Waals surface area contributed by atoms with Crippen LogP contribution in [0.3, 0.4) is 0 Å². The standard InChI is InChI=1S/C17H14F3N3O2/c1-22-5-11-10-4-9(14(24)25)2-3-12(10)23(13(11)21-22)16-6-15(7-16,8-16)17(18,19)20/h2-5H,6-8H2,1H3,(H,24,25). The smallest absolute Gasteiger partial charge is 0.394 e. The van der Waals surface area contributed by atoms with Crippen LogP contribution in [0.2, 0.25) is 0 Å². The van der Waals surface area contributed by atoms with Crippen LogP contribution in [0.15, 0.2) is 24.4 Å². The van der Waals surface area contributed by atoms with Crippen molar-refractivity contribution in [2.24, 2.45) is 12.5 Å². The van der Waals surface area contributed by atoms with E-state index in [-0.39, 0.29) is 24.8 Å². The summed E-state index contributed by atoms with van der Waals surface area (Å²) in [7, 11) is 1.75. The van der Waals surface area contributed by atoms with Gasteiger partial charge in [0, 0.05) is 29.6 Å². The number of benzene rings is 1. The quantitative estimate of drug-likeness (QED) is 0.768. The first-order valence-corrected chi connectivity index (χ1v) is 7.94. The van der Waals surface area contributed by atoms with Crippen molar-refractivity contribution in [1.82, 2.24) is 14.3 Å². The highest BCUT2D eigenvalue weighted by molar-refractivity contribution is 6.09. The van der Waals surface area contributed by atoms with Gasteiger partial charge in [-0.15, -0.1) is 0 Å². The molecule has 2 aromatic heterocycles. The Kier molecular flexibility index (Phi) is 2.37. The molecule has 3 aliphatic rings. The number of carbonyl (C=O) groups is 1. The average Bonchev–Trinajstić information content (AvgIpc) is 2.91. The van der Waals surface area contributed by atoms with Gasteiger partial charge in [0.05, 0.1) is 16.5 Å². The van der Waals surface area contributed by atoms with Gasteiger partial charge in [0.2, 0.25) is 0 Å². The molecule has 3 aromatic rings. The first-order chi connectivity index (χ1) is 11.7. The SMILES string of the molecule is Cn1cc2c3cc(C(=O)O)ccc3n(C34CC(C(F)(F)F)(C3)C4)c2n1. The van der Waals surface area contributed by atoms with Crippen LogP contribution >= 0.6 is 0 Å². The Hall–Kier alpha value is -2.51. The predicted molar refractivity (Wildman–Crippen MR) is 83.5 cm³/mol. The highest BCUT2D eigenvalue weighted by Crippen LogP contribution is 2.77. The summed E-state index contributed by atoms with van der Waals surface area (Å²) < 4.78 is 43.2. The lowest BCUT2D eigenvalue weighted by molar-refractivity contribution is -0.352. The van der Waals surface area contributed by atoms with Crippen molar-refractivity contribution in [3.63, 3.8) is 0 Å². The summed E-state index contributed by atoms with van der Waals surface area (Å²) >= 11 is 0. The van der Waals surface area contributed by atoms with Gasteiger partial charge in [0.25, 0.3) is 0 Å². The maximum absolute atomic E-state index is 13.2. The fourth-order valence-corrected chi connectivity index (χ4v) is 4.78. The normalized spacial score (nSPS) is 28.2. The number of carboxylic acid groups (broad SMARTS) is 1. The summed E-state index contributed by atoms with van der Waals surface area (Å²) in [6.45, 7) is 0. The van der Waals surface area contributed by atoms with Gasteiger partial charge in [0.15, 0.2) is 5.65 Å². The molecule has 0 unspecified atom stereocenters. The number of rotatable bonds is 2. The molecule has 8 heteroatoms. The predicted octanol–water partition coefficient (Wildman–Crippen LogP) is 3.67. The highest BCUT2D eigenvalue weighted by Gasteiger charge is 2.79. The lowest BCUT2D eigenvalue weighted by Crippen LogP contribution is -2.72. The first kappa shape index (κ1) is 14.8. The van der Waals surface area contributed by atoms with E-state index in [2.05, 4.69) is 5.10 Å². The van der Waals surface area contributed by atoms with Gasteiger partial charge in [-0.2, -0.15) is 18.3 Å². The Morgan fingerprint density at radius 3 is 2.52 bits per heavy atom. The molecule has 130 valence electrons. The van der Waals surface area contributed by atoms with Crippen LogP contribution in [0.1, 0.15) is 29.6 Å². The summed E-state index contributed by atoms with van der Waals surface area (Å²) in [4.78, 5) is 11.3. The van der Waals surface area contributed by atoms with Crippen molar-refractivity contribution in [2.75, 3.05) is 0 Å². The maximum atomic E-state index is 13.2. The summed E-state index contributed by atoms with van der Waals surface area (Å²) in [6.07, 6.45) is -2.18. The van der Waals surface area contributed by atoms with Crippen LogP contribution in [-0.2, 0) is 12.6 Å². The Balaban J connectivity index is 1.72. The van der Waals surface area contributed by atoms with E-state index in [1.54, 1.807) is 30.1 Å². The monoisotopic (exact) mass is 349 g/mol. The van der Waals surface area contributed by atoms with Gasteiger partial charge in [-0.05, 0) is 37.5 Å². The molecule has 2 bridgehead atoms. The number of hydrogen-bond donors (Lipinski definition) is 1. The highest BCUT2D eigenvalue weighted by atomic mass is 19.4. The molecule has 25 heavy (non-hydrogen) atoms. The third-order valence-electron chi connectivity index (χ3n) is 5.87. The lowest BCUT2D eigenvalue weighted by Gasteiger charge is -2.70. The molecule has 1 aromatic carbocycles. The zero-order chi connectivity index (χ0) is 17.8. The zero-order valence-corrected chi connectivity index (χ0v) is 13.3. The average molecular weight is 349 g/mol. The van der Waals surface area contributed by atoms with E-state index in [1.807, 2.05) is 4.57 Å². The molecule has 1 N–H and O–H groups in total. The number of alkyl halides is 3. The van der Waals surface area contributed by atoms with E-state index in [0.29, 0.717) is 11.0 Å². The minimum atomic E-state index is -4.17. The van der Waals surface area contributed by atoms with Gasteiger partial charge < -0.3 is 9.67 Å². The number of carboxylic acids is 1. The molecule has 2 heterocycles. The molecule has 3 saturated carbocycles. The molecule has 0 saturated heterocycles. The van der Waals surface area contributed by atoms with E-state index in [1.165, 1.54) is 6.07 Å². The molecular weight excluding hydrogens is 335 g/mol. The van der Waals surface area contributed by atoms with Crippen LogP contribution in [0.5, 0.6) is 0 Å². The van der Waals surface area contributed by atoms with Crippen molar-refractivity contribution in [3.8, 4) is 0 Å². The van der Waals surface area contributed by atoms with Crippen LogP contribution in [0.4, 0.5) is 13.2 Å². The molecule has 0 aliphatic heterocycles. The number of hydrogen-bond acceptors (Lipinski definition) is 2. The van der Waals surface area contributed by atoms with Gasteiger partial charge in [0.1, 0.15) is 0 Å². The molecule has 5 nitrogen and oxygen atoms in total. The Labute approximate surface area is 139 Å². The van der Waals surface area contributed by atoms with E-state index in [9.17, 15) is 23.1 Å². The minimum Gasteiger partial charge on any atom is -0.478 e. The number of aromatic carboxylic acids is 1. The van der Waals surface area contributed by atoms with Crippen molar-refractivity contribution in [1.29, 1.82) is 0 Å². The number of fused-ring (bicyclic) bond motifs is 3. The van der Waals surface area contributed by atoms with Crippen molar-refractivity contribution < 1.29 is 23.1 Å². The fraction of sp³-hybridized carbons (Fsp3) is 0.412. The molecule has 3 fully saturated rings. The van der Waals surface area contributed by atoms with Crippen LogP contribution in [0.25, 0.3) is 21.9 Å². The van der Waals surface area contributed by atoms with E-state index in [0.717, 1.165) is 10.9 Å². The molecule has 0 amide bonds. The molecule has 0 radical (unpaired) electrons. The van der Waals surface area contributed by atoms with Crippen molar-refractivity contribution >= 4 is 27.9 Å². The zero-order valence-electron chi connectivity index (χ0n) is 13.3. The molecule has 0 spiro atoms. The lowest BCUT2D eigenvalue weighted by atomic mass is 9.39. The fourth-order valence-electron chi connectivity index (χ4n) is 4.78. The minimum absolute atomic E-state index is 0.0691. The van der Waals surface area contributed by atoms with E-state index in [4.69, 9.17) is 0 Å². The second-order valence-corrected chi connectivity index (χ2v) is 7.45. The van der Waals surface area contributed by atoms with Crippen molar-refractivity contribution in [2.45, 2.75) is 31.0 Å². The molecular formula is C17H14F3N3O2. The summed E-state index contributed by atoms with van der Waals surface area (Å²) in [5.41, 5.74) is -0.589. The summed E-state index contributed by atoms with van der Waals surface area (Å²) in [6, 6.07) is 4.75. The van der Waals surface area contributed by atoms with Gasteiger partial charge in [-0.25, -0.2) is 4.79 Å². The van der Waals surface area contributed by atoms with Gasteiger partial charge in [-0.1, -0.05) is 0 Å². The topological polar surface area (TPSA) is 60.1 Å². The Morgan fingerprint density at radius 2 is 1.92 bits per heavy atom. The van der Waals surface area contributed by atoms with E-state index >= 15 is 0 Å². The summed E-state index contributed by atoms with van der Waals surface area (Å²) in [5.74, 6) is -1.03. The summed E-state index contributed by atoms with van der Waals surface area (Å²) in [5, 5.41) is 15.1. The van der Waals surface area contributed by atoms with Crippen LogP contribution in [-0.4, -0.2) is 31.6 Å². The van der Waals surface area contributed by atoms with Gasteiger partial charge >= 0.3 is 12.1 Å². The third-order valence-corrected chi connectivity index (χ3v) is 5.87. The number of halogens is 3. The van der Waals surface area contributed by atoms with Crippen LogP contribution in [0, 0.1) is 5.41 Å². The Bertz CT molecular complexity index is 1060. The maximum Gasteiger partial charge on any atom is 0.394 e. The third kappa shape index (κ3) is 1.60. The number of aromatic nitrogens is 3. The molecule has 6 rings (SSSR count). The van der Waals surface area contributed by atoms with E-state index < -0.39 is 23.1 Å². The van der Waals surface area contributed by atoms with Gasteiger partial charge in [-0.3, -0.25) is 4.68 Å². The second-order valence-electron chi connectivity index (χ2n) is 7.45. The molecule has 0 atom stereocenters. The van der Waals surface area contributed by atoms with Crippen molar-refractivity contribution in [3.05, 3.63) is 30.0 Å². The largest absolute Gasteiger partial charge is 0.478 e. The second kappa shape index (κ2) is 4.00. The Morgan fingerprint density at radius 1 is 1.24 bits per heavy atom. The number of nitrogens with zero attached hydrogens (tertiary/aromatic N) is 3.